The van der Waals surface area contributed by atoms with E-state index in [1.807, 2.05) is 4.90 Å². The number of nitrogens with zero attached hydrogens (tertiary/aromatic N) is 3. The Morgan fingerprint density at radius 1 is 1.44 bits per heavy atom. The second kappa shape index (κ2) is 5.97. The molecule has 1 aromatic heterocycles. The third kappa shape index (κ3) is 3.42. The van der Waals surface area contributed by atoms with Gasteiger partial charge in [-0.2, -0.15) is 4.99 Å². The standard InChI is InChI=1S/C11H15N5O2/c12-10(16-5-7-18-8-6-16)15-11(17)14-9-3-1-2-4-13-9/h1-4H,5-8H2,(H3,12,13,14,15,17). The summed E-state index contributed by atoms with van der Waals surface area (Å²) in [5.41, 5.74) is 5.74. The number of hydrogen-bond acceptors (Lipinski definition) is 3. The molecule has 3 N–H and O–H groups in total. The van der Waals surface area contributed by atoms with E-state index in [2.05, 4.69) is 15.3 Å². The lowest BCUT2D eigenvalue weighted by Gasteiger charge is -2.27. The average molecular weight is 249 g/mol. The Hall–Kier alpha value is -2.15. The van der Waals surface area contributed by atoms with Crippen molar-refractivity contribution in [2.75, 3.05) is 31.6 Å². The highest BCUT2D eigenvalue weighted by atomic mass is 16.5. The summed E-state index contributed by atoms with van der Waals surface area (Å²) in [6.45, 7) is 2.48. The van der Waals surface area contributed by atoms with Gasteiger partial charge in [-0.3, -0.25) is 5.32 Å². The minimum Gasteiger partial charge on any atom is -0.378 e. The SMILES string of the molecule is NC(=NC(=O)Nc1ccccn1)N1CCOCC1. The zero-order valence-corrected chi connectivity index (χ0v) is 9.87. The number of carbonyl (C=O) groups is 1. The summed E-state index contributed by atoms with van der Waals surface area (Å²) in [7, 11) is 0. The van der Waals surface area contributed by atoms with Gasteiger partial charge in [0, 0.05) is 19.3 Å². The molecule has 1 aliphatic heterocycles. The summed E-state index contributed by atoms with van der Waals surface area (Å²) < 4.78 is 5.19. The summed E-state index contributed by atoms with van der Waals surface area (Å²) in [5.74, 6) is 0.646. The number of morpholine rings is 1. The monoisotopic (exact) mass is 249 g/mol. The van der Waals surface area contributed by atoms with Crippen LogP contribution in [0.2, 0.25) is 0 Å². The highest BCUT2D eigenvalue weighted by molar-refractivity contribution is 5.98. The maximum absolute atomic E-state index is 11.6. The van der Waals surface area contributed by atoms with E-state index in [0.29, 0.717) is 32.1 Å². The number of carbonyl (C=O) groups excluding carboxylic acids is 1. The van der Waals surface area contributed by atoms with Crippen molar-refractivity contribution in [3.05, 3.63) is 24.4 Å². The Morgan fingerprint density at radius 3 is 2.89 bits per heavy atom. The van der Waals surface area contributed by atoms with Crippen molar-refractivity contribution in [2.45, 2.75) is 0 Å². The first-order valence-corrected chi connectivity index (χ1v) is 5.64. The van der Waals surface area contributed by atoms with E-state index in [9.17, 15) is 4.79 Å². The van der Waals surface area contributed by atoms with Gasteiger partial charge in [0.25, 0.3) is 0 Å². The molecule has 18 heavy (non-hydrogen) atoms. The maximum Gasteiger partial charge on any atom is 0.349 e. The normalized spacial score (nSPS) is 16.4. The number of pyridine rings is 1. The highest BCUT2D eigenvalue weighted by Crippen LogP contribution is 2.01. The van der Waals surface area contributed by atoms with Crippen LogP contribution >= 0.6 is 0 Å². The zero-order valence-electron chi connectivity index (χ0n) is 9.87. The van der Waals surface area contributed by atoms with Gasteiger partial charge in [0.05, 0.1) is 13.2 Å². The zero-order chi connectivity index (χ0) is 12.8. The van der Waals surface area contributed by atoms with Crippen LogP contribution in [0.15, 0.2) is 29.4 Å². The molecule has 0 aliphatic carbocycles. The van der Waals surface area contributed by atoms with Gasteiger partial charge in [0.2, 0.25) is 5.96 Å². The number of rotatable bonds is 1. The van der Waals surface area contributed by atoms with Crippen molar-refractivity contribution >= 4 is 17.8 Å². The molecule has 0 radical (unpaired) electrons. The average Bonchev–Trinajstić information content (AvgIpc) is 2.40. The van der Waals surface area contributed by atoms with E-state index in [0.717, 1.165) is 0 Å². The van der Waals surface area contributed by atoms with Gasteiger partial charge in [-0.05, 0) is 12.1 Å². The molecule has 96 valence electrons. The first kappa shape index (κ1) is 12.3. The van der Waals surface area contributed by atoms with Crippen molar-refractivity contribution in [3.63, 3.8) is 0 Å². The second-order valence-corrected chi connectivity index (χ2v) is 3.71. The van der Waals surface area contributed by atoms with Crippen LogP contribution in [0.5, 0.6) is 0 Å². The number of guanidine groups is 1. The lowest BCUT2D eigenvalue weighted by Crippen LogP contribution is -2.45. The number of aromatic nitrogens is 1. The molecule has 1 fully saturated rings. The van der Waals surface area contributed by atoms with Crippen molar-refractivity contribution in [1.82, 2.24) is 9.88 Å². The van der Waals surface area contributed by atoms with Crippen molar-refractivity contribution in [2.24, 2.45) is 10.7 Å². The first-order valence-electron chi connectivity index (χ1n) is 5.64. The number of aliphatic imine (C=N–C) groups is 1. The van der Waals surface area contributed by atoms with Crippen LogP contribution in [0.4, 0.5) is 10.6 Å². The van der Waals surface area contributed by atoms with Crippen LogP contribution in [0.3, 0.4) is 0 Å². The predicted octanol–water partition coefficient (Wildman–Crippen LogP) is 0.260. The third-order valence-corrected chi connectivity index (χ3v) is 2.45. The Morgan fingerprint density at radius 2 is 2.22 bits per heavy atom. The fourth-order valence-corrected chi connectivity index (χ4v) is 1.54. The number of urea groups is 1. The van der Waals surface area contributed by atoms with Gasteiger partial charge >= 0.3 is 6.03 Å². The minimum absolute atomic E-state index is 0.201. The Balaban J connectivity index is 1.93. The third-order valence-electron chi connectivity index (χ3n) is 2.45. The molecule has 2 amide bonds. The number of ether oxygens (including phenoxy) is 1. The lowest BCUT2D eigenvalue weighted by molar-refractivity contribution is 0.0675. The smallest absolute Gasteiger partial charge is 0.349 e. The molecule has 0 unspecified atom stereocenters. The van der Waals surface area contributed by atoms with Crippen molar-refractivity contribution < 1.29 is 9.53 Å². The predicted molar refractivity (Wildman–Crippen MR) is 67.3 cm³/mol. The van der Waals surface area contributed by atoms with Crippen molar-refractivity contribution in [3.8, 4) is 0 Å². The molecule has 1 aromatic rings. The van der Waals surface area contributed by atoms with E-state index in [1.54, 1.807) is 24.4 Å². The number of nitrogens with one attached hydrogen (secondary N) is 1. The first-order chi connectivity index (χ1) is 8.75. The largest absolute Gasteiger partial charge is 0.378 e. The topological polar surface area (TPSA) is 92.8 Å². The molecule has 2 rings (SSSR count). The lowest BCUT2D eigenvalue weighted by atomic mass is 10.4. The van der Waals surface area contributed by atoms with E-state index >= 15 is 0 Å². The summed E-state index contributed by atoms with van der Waals surface area (Å²) in [5, 5.41) is 2.54. The van der Waals surface area contributed by atoms with E-state index in [4.69, 9.17) is 10.5 Å². The van der Waals surface area contributed by atoms with Crippen LogP contribution in [0.1, 0.15) is 0 Å². The molecule has 2 heterocycles. The van der Waals surface area contributed by atoms with Gasteiger partial charge in [-0.15, -0.1) is 0 Å². The molecule has 0 aromatic carbocycles. The van der Waals surface area contributed by atoms with Crippen molar-refractivity contribution in [1.29, 1.82) is 0 Å². The number of amides is 2. The summed E-state index contributed by atoms with van der Waals surface area (Å²) in [6, 6.07) is 4.69. The molecule has 7 nitrogen and oxygen atoms in total. The summed E-state index contributed by atoms with van der Waals surface area (Å²) in [4.78, 5) is 21.1. The fraction of sp³-hybridized carbons (Fsp3) is 0.364. The van der Waals surface area contributed by atoms with Crippen LogP contribution in [-0.2, 0) is 4.74 Å². The van der Waals surface area contributed by atoms with Crippen LogP contribution in [0, 0.1) is 0 Å². The molecule has 1 saturated heterocycles. The number of anilines is 1. The Labute approximate surface area is 105 Å². The van der Waals surface area contributed by atoms with Gasteiger partial charge in [-0.1, -0.05) is 6.07 Å². The van der Waals surface area contributed by atoms with Gasteiger partial charge in [-0.25, -0.2) is 9.78 Å². The maximum atomic E-state index is 11.6. The van der Waals surface area contributed by atoms with Gasteiger partial charge in [0.1, 0.15) is 5.82 Å². The summed E-state index contributed by atoms with van der Waals surface area (Å²) in [6.07, 6.45) is 1.59. The Kier molecular flexibility index (Phi) is 4.08. The van der Waals surface area contributed by atoms with Crippen LogP contribution in [-0.4, -0.2) is 48.2 Å². The highest BCUT2D eigenvalue weighted by Gasteiger charge is 2.13. The number of hydrogen-bond donors (Lipinski definition) is 2. The molecule has 0 saturated carbocycles. The van der Waals surface area contributed by atoms with E-state index < -0.39 is 6.03 Å². The van der Waals surface area contributed by atoms with E-state index in [1.165, 1.54) is 0 Å². The Bertz CT molecular complexity index is 428. The van der Waals surface area contributed by atoms with E-state index in [-0.39, 0.29) is 5.96 Å². The van der Waals surface area contributed by atoms with Gasteiger partial charge < -0.3 is 15.4 Å². The second-order valence-electron chi connectivity index (χ2n) is 3.71. The molecule has 0 bridgehead atoms. The summed E-state index contributed by atoms with van der Waals surface area (Å²) >= 11 is 0. The molecule has 7 heteroatoms. The van der Waals surface area contributed by atoms with Crippen LogP contribution < -0.4 is 11.1 Å². The minimum atomic E-state index is -0.530. The molecule has 0 atom stereocenters. The van der Waals surface area contributed by atoms with Crippen LogP contribution in [0.25, 0.3) is 0 Å². The molecule has 1 aliphatic rings. The number of nitrogens with two attached hydrogens (primary N) is 1. The quantitative estimate of drug-likeness (QED) is 0.550. The molecule has 0 spiro atoms. The fourth-order valence-electron chi connectivity index (χ4n) is 1.54. The molecular formula is C11H15N5O2. The van der Waals surface area contributed by atoms with Gasteiger partial charge in [0.15, 0.2) is 0 Å². The molecular weight excluding hydrogens is 234 g/mol.